The molecule has 0 aliphatic carbocycles. The molecule has 0 aliphatic rings. The molecule has 1 aromatic rings. The van der Waals surface area contributed by atoms with Crippen molar-refractivity contribution in [3.8, 4) is 0 Å². The summed E-state index contributed by atoms with van der Waals surface area (Å²) in [5, 5.41) is 10.7. The van der Waals surface area contributed by atoms with Gasteiger partial charge >= 0.3 is 11.9 Å². The number of sulfonamides is 1. The van der Waals surface area contributed by atoms with Gasteiger partial charge < -0.3 is 10.4 Å². The molecule has 0 radical (unpaired) electrons. The van der Waals surface area contributed by atoms with Gasteiger partial charge in [-0.05, 0) is 24.3 Å². The van der Waals surface area contributed by atoms with Gasteiger partial charge in [0, 0.05) is 12.6 Å². The first-order valence-electron chi connectivity index (χ1n) is 5.15. The largest absolute Gasteiger partial charge is 0.474 e. The summed E-state index contributed by atoms with van der Waals surface area (Å²) < 4.78 is 23.4. The second kappa shape index (κ2) is 6.12. The van der Waals surface area contributed by atoms with E-state index in [1.54, 1.807) is 4.83 Å². The summed E-state index contributed by atoms with van der Waals surface area (Å²) in [6, 6.07) is 5.05. The first-order valence-corrected chi connectivity index (χ1v) is 6.63. The topological polar surface area (TPSA) is 142 Å². The number of hydrazine groups is 1. The molecule has 9 nitrogen and oxygen atoms in total. The number of carbonyl (C=O) groups is 3. The van der Waals surface area contributed by atoms with E-state index in [0.29, 0.717) is 5.69 Å². The Morgan fingerprint density at radius 1 is 1.10 bits per heavy atom. The number of carboxylic acid groups (broad SMARTS) is 1. The molecular weight excluding hydrogens is 290 g/mol. The minimum absolute atomic E-state index is 0.211. The zero-order valence-corrected chi connectivity index (χ0v) is 11.0. The molecule has 108 valence electrons. The number of anilines is 1. The van der Waals surface area contributed by atoms with Gasteiger partial charge in [0.2, 0.25) is 5.91 Å². The van der Waals surface area contributed by atoms with Crippen molar-refractivity contribution < 1.29 is 27.9 Å². The lowest BCUT2D eigenvalue weighted by Gasteiger charge is -2.07. The van der Waals surface area contributed by atoms with Crippen molar-refractivity contribution >= 4 is 33.5 Å². The Hall–Kier alpha value is -2.46. The van der Waals surface area contributed by atoms with E-state index in [2.05, 4.69) is 5.32 Å². The molecular formula is C10H11N3O6S. The Kier molecular flexibility index (Phi) is 4.78. The quantitative estimate of drug-likeness (QED) is 0.417. The average molecular weight is 301 g/mol. The van der Waals surface area contributed by atoms with Gasteiger partial charge in [-0.1, -0.05) is 0 Å². The third-order valence-corrected chi connectivity index (χ3v) is 3.24. The van der Waals surface area contributed by atoms with Crippen LogP contribution < -0.4 is 15.6 Å². The normalized spacial score (nSPS) is 10.7. The highest BCUT2D eigenvalue weighted by atomic mass is 32.2. The number of hydrogen-bond donors (Lipinski definition) is 4. The molecule has 20 heavy (non-hydrogen) atoms. The molecule has 10 heteroatoms. The monoisotopic (exact) mass is 301 g/mol. The standard InChI is InChI=1S/C10H11N3O6S/c1-6(14)11-7-2-4-8(5-3-7)20(18,19)13-12-9(15)10(16)17/h2-5,13H,1H3,(H,11,14)(H,12,15)(H,16,17). The summed E-state index contributed by atoms with van der Waals surface area (Å²) in [6.07, 6.45) is 0. The minimum atomic E-state index is -4.09. The zero-order chi connectivity index (χ0) is 15.3. The second-order valence-electron chi connectivity index (χ2n) is 3.57. The summed E-state index contributed by atoms with van der Waals surface area (Å²) in [4.78, 5) is 33.1. The minimum Gasteiger partial charge on any atom is -0.474 e. The van der Waals surface area contributed by atoms with Gasteiger partial charge in [0.25, 0.3) is 10.0 Å². The predicted molar refractivity (Wildman–Crippen MR) is 66.8 cm³/mol. The van der Waals surface area contributed by atoms with Crippen LogP contribution in [0.2, 0.25) is 0 Å². The molecule has 0 heterocycles. The average Bonchev–Trinajstić information content (AvgIpc) is 2.35. The van der Waals surface area contributed by atoms with Crippen molar-refractivity contribution in [1.82, 2.24) is 10.3 Å². The predicted octanol–water partition coefficient (Wildman–Crippen LogP) is -0.961. The number of nitrogens with one attached hydrogen (secondary N) is 3. The molecule has 0 aliphatic heterocycles. The summed E-state index contributed by atoms with van der Waals surface area (Å²) in [7, 11) is -4.09. The second-order valence-corrected chi connectivity index (χ2v) is 5.25. The summed E-state index contributed by atoms with van der Waals surface area (Å²) >= 11 is 0. The van der Waals surface area contributed by atoms with Crippen LogP contribution in [0.25, 0.3) is 0 Å². The van der Waals surface area contributed by atoms with Gasteiger partial charge in [-0.25, -0.2) is 13.2 Å². The number of carboxylic acids is 1. The molecule has 4 N–H and O–H groups in total. The number of benzene rings is 1. The third kappa shape index (κ3) is 4.33. The molecule has 0 saturated carbocycles. The maximum absolute atomic E-state index is 11.7. The summed E-state index contributed by atoms with van der Waals surface area (Å²) in [5.74, 6) is -3.65. The fraction of sp³-hybridized carbons (Fsp3) is 0.100. The van der Waals surface area contributed by atoms with E-state index in [0.717, 1.165) is 0 Å². The highest BCUT2D eigenvalue weighted by molar-refractivity contribution is 7.89. The molecule has 1 aromatic carbocycles. The third-order valence-electron chi connectivity index (χ3n) is 1.98. The number of carbonyl (C=O) groups excluding carboxylic acids is 2. The number of rotatable bonds is 4. The Morgan fingerprint density at radius 3 is 2.10 bits per heavy atom. The molecule has 2 amide bonds. The van der Waals surface area contributed by atoms with Gasteiger partial charge in [-0.3, -0.25) is 15.0 Å². The van der Waals surface area contributed by atoms with Gasteiger partial charge in [-0.15, -0.1) is 4.83 Å². The summed E-state index contributed by atoms with van der Waals surface area (Å²) in [5.41, 5.74) is 1.92. The Balaban J connectivity index is 2.80. The fourth-order valence-corrected chi connectivity index (χ4v) is 1.99. The SMILES string of the molecule is CC(=O)Nc1ccc(S(=O)(=O)NNC(=O)C(=O)O)cc1. The Morgan fingerprint density at radius 2 is 1.65 bits per heavy atom. The fourth-order valence-electron chi connectivity index (χ4n) is 1.15. The summed E-state index contributed by atoms with van der Waals surface area (Å²) in [6.45, 7) is 1.30. The van der Waals surface area contributed by atoms with Crippen molar-refractivity contribution in [3.05, 3.63) is 24.3 Å². The van der Waals surface area contributed by atoms with E-state index >= 15 is 0 Å². The molecule has 0 aromatic heterocycles. The Labute approximate surface area is 114 Å². The smallest absolute Gasteiger partial charge is 0.395 e. The lowest BCUT2D eigenvalue weighted by Crippen LogP contribution is -2.44. The Bertz CT molecular complexity index is 637. The highest BCUT2D eigenvalue weighted by Gasteiger charge is 2.17. The molecule has 0 fully saturated rings. The molecule has 0 atom stereocenters. The first kappa shape index (κ1) is 15.6. The van der Waals surface area contributed by atoms with Crippen molar-refractivity contribution in [1.29, 1.82) is 0 Å². The van der Waals surface area contributed by atoms with Crippen molar-refractivity contribution in [2.24, 2.45) is 0 Å². The van der Waals surface area contributed by atoms with E-state index in [4.69, 9.17) is 5.11 Å². The lowest BCUT2D eigenvalue weighted by molar-refractivity contribution is -0.150. The molecule has 1 rings (SSSR count). The van der Waals surface area contributed by atoms with Crippen LogP contribution in [-0.4, -0.2) is 31.3 Å². The molecule has 0 spiro atoms. The van der Waals surface area contributed by atoms with Crippen LogP contribution >= 0.6 is 0 Å². The number of aliphatic carboxylic acids is 1. The van der Waals surface area contributed by atoms with E-state index in [1.807, 2.05) is 0 Å². The van der Waals surface area contributed by atoms with E-state index in [-0.39, 0.29) is 10.8 Å². The van der Waals surface area contributed by atoms with Crippen LogP contribution in [0.4, 0.5) is 5.69 Å². The first-order chi connectivity index (χ1) is 9.22. The van der Waals surface area contributed by atoms with E-state index < -0.39 is 21.9 Å². The van der Waals surface area contributed by atoms with Crippen molar-refractivity contribution in [2.75, 3.05) is 5.32 Å². The van der Waals surface area contributed by atoms with Gasteiger partial charge in [-0.2, -0.15) is 0 Å². The van der Waals surface area contributed by atoms with Crippen molar-refractivity contribution in [3.63, 3.8) is 0 Å². The van der Waals surface area contributed by atoms with Gasteiger partial charge in [0.05, 0.1) is 4.90 Å². The maximum atomic E-state index is 11.7. The van der Waals surface area contributed by atoms with Gasteiger partial charge in [0.1, 0.15) is 0 Å². The van der Waals surface area contributed by atoms with Crippen LogP contribution in [0.3, 0.4) is 0 Å². The van der Waals surface area contributed by atoms with E-state index in [1.165, 1.54) is 36.6 Å². The van der Waals surface area contributed by atoms with Crippen LogP contribution in [0.1, 0.15) is 6.92 Å². The number of hydrogen-bond acceptors (Lipinski definition) is 5. The van der Waals surface area contributed by atoms with Crippen molar-refractivity contribution in [2.45, 2.75) is 11.8 Å². The molecule has 0 bridgehead atoms. The van der Waals surface area contributed by atoms with E-state index in [9.17, 15) is 22.8 Å². The zero-order valence-electron chi connectivity index (χ0n) is 10.2. The molecule has 0 saturated heterocycles. The van der Waals surface area contributed by atoms with Crippen LogP contribution in [-0.2, 0) is 24.4 Å². The maximum Gasteiger partial charge on any atom is 0.395 e. The van der Waals surface area contributed by atoms with Crippen LogP contribution in [0.15, 0.2) is 29.2 Å². The lowest BCUT2D eigenvalue weighted by atomic mass is 10.3. The van der Waals surface area contributed by atoms with Crippen LogP contribution in [0, 0.1) is 0 Å². The molecule has 0 unspecified atom stereocenters. The number of amides is 2. The highest BCUT2D eigenvalue weighted by Crippen LogP contribution is 2.13. The van der Waals surface area contributed by atoms with Gasteiger partial charge in [0.15, 0.2) is 0 Å². The van der Waals surface area contributed by atoms with Crippen LogP contribution in [0.5, 0.6) is 0 Å².